The van der Waals surface area contributed by atoms with E-state index in [0.717, 1.165) is 16.1 Å². The summed E-state index contributed by atoms with van der Waals surface area (Å²) in [6.07, 6.45) is -3.72. The molecule has 0 saturated carbocycles. The van der Waals surface area contributed by atoms with Crippen LogP contribution in [-0.2, 0) is 10.4 Å². The van der Waals surface area contributed by atoms with Crippen molar-refractivity contribution in [3.05, 3.63) is 73.7 Å². The quantitative estimate of drug-likeness (QED) is 0.569. The summed E-state index contributed by atoms with van der Waals surface area (Å²) in [5, 5.41) is 0.188. The summed E-state index contributed by atoms with van der Waals surface area (Å²) in [5.41, 5.74) is 1.14. The second-order valence-electron chi connectivity index (χ2n) is 5.61. The van der Waals surface area contributed by atoms with Gasteiger partial charge in [0.1, 0.15) is 0 Å². The highest BCUT2D eigenvalue weighted by atomic mass is 79.9. The number of halogens is 6. The van der Waals surface area contributed by atoms with E-state index in [2.05, 4.69) is 21.4 Å². The zero-order valence-electron chi connectivity index (χ0n) is 12.7. The predicted octanol–water partition coefficient (Wildman–Crippen LogP) is 6.40. The van der Waals surface area contributed by atoms with Crippen LogP contribution in [0, 0.1) is 6.92 Å². The van der Waals surface area contributed by atoms with E-state index in [1.54, 1.807) is 19.1 Å². The third-order valence-electron chi connectivity index (χ3n) is 3.86. The molecule has 1 N–H and O–H groups in total. The summed E-state index contributed by atoms with van der Waals surface area (Å²) >= 11 is 15.1. The van der Waals surface area contributed by atoms with Gasteiger partial charge in [-0.05, 0) is 48.9 Å². The molecule has 1 atom stereocenters. The van der Waals surface area contributed by atoms with Crippen LogP contribution in [0.2, 0.25) is 10.0 Å². The van der Waals surface area contributed by atoms with Gasteiger partial charge >= 0.3 is 6.18 Å². The Kier molecular flexibility index (Phi) is 4.83. The van der Waals surface area contributed by atoms with Crippen molar-refractivity contribution in [2.75, 3.05) is 0 Å². The fraction of sp³-hybridized carbons (Fsp3) is 0.176. The van der Waals surface area contributed by atoms with Crippen LogP contribution in [0.15, 0.2) is 46.9 Å². The first-order valence-corrected chi connectivity index (χ1v) is 8.64. The Hall–Kier alpha value is -1.21. The van der Waals surface area contributed by atoms with Crippen molar-refractivity contribution in [1.82, 2.24) is 5.48 Å². The molecule has 2 nitrogen and oxygen atoms in total. The van der Waals surface area contributed by atoms with E-state index in [0.29, 0.717) is 5.56 Å². The van der Waals surface area contributed by atoms with Crippen molar-refractivity contribution in [2.24, 2.45) is 0 Å². The van der Waals surface area contributed by atoms with Crippen molar-refractivity contribution >= 4 is 44.8 Å². The first-order chi connectivity index (χ1) is 11.6. The second kappa shape index (κ2) is 6.50. The minimum atomic E-state index is -4.72. The molecule has 2 aromatic carbocycles. The van der Waals surface area contributed by atoms with E-state index in [4.69, 9.17) is 28.0 Å². The van der Waals surface area contributed by atoms with Gasteiger partial charge in [0.2, 0.25) is 5.60 Å². The summed E-state index contributed by atoms with van der Waals surface area (Å²) in [6.45, 7) is 1.80. The molecular formula is C17H11BrCl2F3NO. The van der Waals surface area contributed by atoms with Gasteiger partial charge in [0.25, 0.3) is 0 Å². The third-order valence-corrected chi connectivity index (χ3v) is 4.79. The van der Waals surface area contributed by atoms with Gasteiger partial charge in [-0.3, -0.25) is 10.3 Å². The fourth-order valence-corrected chi connectivity index (χ4v) is 3.68. The molecule has 0 spiro atoms. The molecule has 1 unspecified atom stereocenters. The first-order valence-electron chi connectivity index (χ1n) is 7.09. The lowest BCUT2D eigenvalue weighted by Gasteiger charge is -2.28. The Balaban J connectivity index is 2.17. The highest BCUT2D eigenvalue weighted by molar-refractivity contribution is 9.10. The Morgan fingerprint density at radius 1 is 1.08 bits per heavy atom. The molecule has 0 fully saturated rings. The molecule has 2 aromatic rings. The van der Waals surface area contributed by atoms with Crippen molar-refractivity contribution in [2.45, 2.75) is 18.7 Å². The number of benzene rings is 2. The van der Waals surface area contributed by atoms with Crippen LogP contribution in [0.25, 0.3) is 5.70 Å². The van der Waals surface area contributed by atoms with Gasteiger partial charge in [-0.25, -0.2) is 0 Å². The number of aryl methyl sites for hydroxylation is 1. The number of alkyl halides is 3. The molecular weight excluding hydrogens is 442 g/mol. The van der Waals surface area contributed by atoms with E-state index in [9.17, 15) is 13.2 Å². The van der Waals surface area contributed by atoms with Gasteiger partial charge < -0.3 is 0 Å². The van der Waals surface area contributed by atoms with Crippen LogP contribution >= 0.6 is 39.1 Å². The number of rotatable bonds is 2. The fourth-order valence-electron chi connectivity index (χ4n) is 2.67. The van der Waals surface area contributed by atoms with E-state index in [1.807, 2.05) is 6.07 Å². The molecule has 132 valence electrons. The maximum atomic E-state index is 13.9. The van der Waals surface area contributed by atoms with E-state index in [-0.39, 0.29) is 21.3 Å². The molecule has 0 radical (unpaired) electrons. The van der Waals surface area contributed by atoms with Gasteiger partial charge in [0, 0.05) is 25.6 Å². The average Bonchev–Trinajstić information content (AvgIpc) is 2.92. The van der Waals surface area contributed by atoms with Gasteiger partial charge in [-0.1, -0.05) is 45.2 Å². The maximum absolute atomic E-state index is 13.9. The van der Waals surface area contributed by atoms with E-state index >= 15 is 0 Å². The first kappa shape index (κ1) is 18.6. The topological polar surface area (TPSA) is 21.3 Å². The Morgan fingerprint density at radius 2 is 1.72 bits per heavy atom. The minimum absolute atomic E-state index is 0.0939. The molecule has 1 heterocycles. The molecule has 0 aromatic heterocycles. The lowest BCUT2D eigenvalue weighted by molar-refractivity contribution is -0.269. The molecule has 1 aliphatic rings. The number of hydrogen-bond donors (Lipinski definition) is 1. The summed E-state index contributed by atoms with van der Waals surface area (Å²) in [5.74, 6) is 0. The maximum Gasteiger partial charge on any atom is 0.428 e. The zero-order valence-corrected chi connectivity index (χ0v) is 15.8. The highest BCUT2D eigenvalue weighted by Crippen LogP contribution is 2.48. The third kappa shape index (κ3) is 3.40. The molecule has 8 heteroatoms. The molecule has 0 amide bonds. The smallest absolute Gasteiger partial charge is 0.265 e. The number of nitrogens with one attached hydrogen (secondary N) is 1. The van der Waals surface area contributed by atoms with Crippen molar-refractivity contribution in [3.8, 4) is 0 Å². The van der Waals surface area contributed by atoms with Gasteiger partial charge in [-0.2, -0.15) is 13.2 Å². The monoisotopic (exact) mass is 451 g/mol. The van der Waals surface area contributed by atoms with E-state index in [1.165, 1.54) is 18.2 Å². The molecule has 0 saturated heterocycles. The second-order valence-corrected chi connectivity index (χ2v) is 7.40. The van der Waals surface area contributed by atoms with Gasteiger partial charge in [0.05, 0.1) is 5.70 Å². The molecule has 0 bridgehead atoms. The van der Waals surface area contributed by atoms with Crippen LogP contribution in [0.4, 0.5) is 13.2 Å². The van der Waals surface area contributed by atoms with Gasteiger partial charge in [-0.15, -0.1) is 0 Å². The Morgan fingerprint density at radius 3 is 2.28 bits per heavy atom. The molecule has 1 aliphatic heterocycles. The summed E-state index contributed by atoms with van der Waals surface area (Å²) in [6, 6.07) is 9.00. The van der Waals surface area contributed by atoms with E-state index < -0.39 is 11.8 Å². The standard InChI is InChI=1S/C17H11BrCl2F3NO/c1-9-4-11(18)2-3-14(9)15-8-16(25-24-15,17(21,22)23)10-5-12(19)7-13(20)6-10/h2-8,24H,1H3. The van der Waals surface area contributed by atoms with Gasteiger partial charge in [0.15, 0.2) is 0 Å². The summed E-state index contributed by atoms with van der Waals surface area (Å²) in [7, 11) is 0. The largest absolute Gasteiger partial charge is 0.428 e. The Bertz CT molecular complexity index is 849. The summed E-state index contributed by atoms with van der Waals surface area (Å²) in [4.78, 5) is 5.06. The average molecular weight is 453 g/mol. The van der Waals surface area contributed by atoms with Crippen LogP contribution < -0.4 is 5.48 Å². The lowest BCUT2D eigenvalue weighted by Crippen LogP contribution is -2.42. The number of hydrogen-bond acceptors (Lipinski definition) is 2. The highest BCUT2D eigenvalue weighted by Gasteiger charge is 2.59. The van der Waals surface area contributed by atoms with Crippen molar-refractivity contribution in [3.63, 3.8) is 0 Å². The van der Waals surface area contributed by atoms with Crippen molar-refractivity contribution < 1.29 is 18.0 Å². The molecule has 0 aliphatic carbocycles. The SMILES string of the molecule is Cc1cc(Br)ccc1C1=CC(c2cc(Cl)cc(Cl)c2)(C(F)(F)F)ON1. The van der Waals surface area contributed by atoms with Crippen molar-refractivity contribution in [1.29, 1.82) is 0 Å². The number of hydroxylamine groups is 1. The minimum Gasteiger partial charge on any atom is -0.265 e. The van der Waals surface area contributed by atoms with Crippen LogP contribution in [0.5, 0.6) is 0 Å². The lowest BCUT2D eigenvalue weighted by atomic mass is 9.91. The molecule has 25 heavy (non-hydrogen) atoms. The zero-order chi connectivity index (χ0) is 18.4. The molecule has 3 rings (SSSR count). The van der Waals surface area contributed by atoms with Crippen LogP contribution in [-0.4, -0.2) is 6.18 Å². The summed E-state index contributed by atoms with van der Waals surface area (Å²) < 4.78 is 42.6. The normalized spacial score (nSPS) is 20.4. The predicted molar refractivity (Wildman–Crippen MR) is 95.3 cm³/mol. The van der Waals surface area contributed by atoms with Crippen LogP contribution in [0.3, 0.4) is 0 Å². The Labute approximate surface area is 160 Å². The van der Waals surface area contributed by atoms with Crippen LogP contribution in [0.1, 0.15) is 16.7 Å².